The standard InChI is InChI=1S/C14H12Cl2O2S/c1-8(2)18-11-6-4-3-5-9(11)13(17)10-7-12(15)19-14(10)16/h3-8H,1-2H3. The third kappa shape index (κ3) is 3.30. The van der Waals surface area contributed by atoms with Crippen molar-refractivity contribution < 1.29 is 9.53 Å². The molecule has 2 rings (SSSR count). The van der Waals surface area contributed by atoms with E-state index in [9.17, 15) is 4.79 Å². The van der Waals surface area contributed by atoms with Gasteiger partial charge in [0.1, 0.15) is 10.1 Å². The molecular formula is C14H12Cl2O2S. The van der Waals surface area contributed by atoms with Crippen molar-refractivity contribution in [2.24, 2.45) is 0 Å². The van der Waals surface area contributed by atoms with Gasteiger partial charge in [-0.25, -0.2) is 0 Å². The first kappa shape index (κ1) is 14.4. The summed E-state index contributed by atoms with van der Waals surface area (Å²) < 4.78 is 6.53. The Morgan fingerprint density at radius 2 is 1.89 bits per heavy atom. The maximum atomic E-state index is 12.5. The van der Waals surface area contributed by atoms with E-state index in [1.807, 2.05) is 19.9 Å². The topological polar surface area (TPSA) is 26.3 Å². The lowest BCUT2D eigenvalue weighted by molar-refractivity contribution is 0.103. The number of hydrogen-bond acceptors (Lipinski definition) is 3. The van der Waals surface area contributed by atoms with Crippen molar-refractivity contribution in [3.63, 3.8) is 0 Å². The second-order valence-corrected chi connectivity index (χ2v) is 6.52. The fourth-order valence-electron chi connectivity index (χ4n) is 1.65. The number of ether oxygens (including phenoxy) is 1. The SMILES string of the molecule is CC(C)Oc1ccccc1C(=O)c1cc(Cl)sc1Cl. The summed E-state index contributed by atoms with van der Waals surface area (Å²) in [5.41, 5.74) is 0.907. The van der Waals surface area contributed by atoms with E-state index in [1.54, 1.807) is 24.3 Å². The average Bonchev–Trinajstić information content (AvgIpc) is 2.67. The molecule has 19 heavy (non-hydrogen) atoms. The van der Waals surface area contributed by atoms with Gasteiger partial charge in [0.2, 0.25) is 0 Å². The summed E-state index contributed by atoms with van der Waals surface area (Å²) in [5.74, 6) is 0.380. The van der Waals surface area contributed by atoms with E-state index < -0.39 is 0 Å². The number of carbonyl (C=O) groups excluding carboxylic acids is 1. The highest BCUT2D eigenvalue weighted by Gasteiger charge is 2.19. The first-order valence-corrected chi connectivity index (χ1v) is 7.31. The highest BCUT2D eigenvalue weighted by Crippen LogP contribution is 2.34. The zero-order valence-electron chi connectivity index (χ0n) is 10.4. The molecule has 0 saturated heterocycles. The number of benzene rings is 1. The minimum atomic E-state index is -0.176. The summed E-state index contributed by atoms with van der Waals surface area (Å²) in [6.45, 7) is 3.82. The lowest BCUT2D eigenvalue weighted by atomic mass is 10.1. The Kier molecular flexibility index (Phi) is 4.50. The monoisotopic (exact) mass is 314 g/mol. The molecule has 0 spiro atoms. The van der Waals surface area contributed by atoms with Gasteiger partial charge < -0.3 is 4.74 Å². The van der Waals surface area contributed by atoms with E-state index in [4.69, 9.17) is 27.9 Å². The Morgan fingerprint density at radius 1 is 1.21 bits per heavy atom. The molecule has 0 fully saturated rings. The van der Waals surface area contributed by atoms with Crippen molar-refractivity contribution in [3.05, 3.63) is 50.1 Å². The Bertz CT molecular complexity index is 605. The zero-order valence-corrected chi connectivity index (χ0v) is 12.8. The maximum absolute atomic E-state index is 12.5. The molecule has 1 heterocycles. The molecule has 0 unspecified atom stereocenters. The quantitative estimate of drug-likeness (QED) is 0.736. The second kappa shape index (κ2) is 5.95. The fraction of sp³-hybridized carbons (Fsp3) is 0.214. The third-order valence-electron chi connectivity index (χ3n) is 2.40. The minimum absolute atomic E-state index is 0.00418. The van der Waals surface area contributed by atoms with Crippen molar-refractivity contribution in [3.8, 4) is 5.75 Å². The number of rotatable bonds is 4. The number of thiophene rings is 1. The second-order valence-electron chi connectivity index (χ2n) is 4.23. The Balaban J connectivity index is 2.41. The number of carbonyl (C=O) groups is 1. The van der Waals surface area contributed by atoms with Gasteiger partial charge in [0.15, 0.2) is 5.78 Å². The van der Waals surface area contributed by atoms with Crippen LogP contribution >= 0.6 is 34.5 Å². The van der Waals surface area contributed by atoms with Crippen LogP contribution in [0, 0.1) is 0 Å². The smallest absolute Gasteiger partial charge is 0.199 e. The number of ketones is 1. The van der Waals surface area contributed by atoms with Crippen LogP contribution in [0.15, 0.2) is 30.3 Å². The highest BCUT2D eigenvalue weighted by molar-refractivity contribution is 7.20. The van der Waals surface area contributed by atoms with Gasteiger partial charge in [-0.05, 0) is 32.0 Å². The van der Waals surface area contributed by atoms with Gasteiger partial charge in [-0.15, -0.1) is 11.3 Å². The number of hydrogen-bond donors (Lipinski definition) is 0. The van der Waals surface area contributed by atoms with Crippen LogP contribution < -0.4 is 4.74 Å². The lowest BCUT2D eigenvalue weighted by Crippen LogP contribution is -2.10. The fourth-order valence-corrected chi connectivity index (χ4v) is 3.11. The van der Waals surface area contributed by atoms with E-state index in [1.165, 1.54) is 11.3 Å². The average molecular weight is 315 g/mol. The van der Waals surface area contributed by atoms with Gasteiger partial charge in [-0.3, -0.25) is 4.79 Å². The molecular weight excluding hydrogens is 303 g/mol. The van der Waals surface area contributed by atoms with Crippen molar-refractivity contribution in [2.45, 2.75) is 20.0 Å². The molecule has 0 bridgehead atoms. The first-order chi connectivity index (χ1) is 8.99. The van der Waals surface area contributed by atoms with E-state index in [0.29, 0.717) is 25.5 Å². The predicted octanol–water partition coefficient (Wildman–Crippen LogP) is 5.07. The van der Waals surface area contributed by atoms with E-state index in [-0.39, 0.29) is 11.9 Å². The van der Waals surface area contributed by atoms with Crippen LogP contribution in [0.2, 0.25) is 8.67 Å². The van der Waals surface area contributed by atoms with Gasteiger partial charge in [0.05, 0.1) is 21.6 Å². The van der Waals surface area contributed by atoms with E-state index >= 15 is 0 Å². The Morgan fingerprint density at radius 3 is 2.47 bits per heavy atom. The zero-order chi connectivity index (χ0) is 14.0. The van der Waals surface area contributed by atoms with Crippen LogP contribution in [-0.4, -0.2) is 11.9 Å². The number of para-hydroxylation sites is 1. The van der Waals surface area contributed by atoms with Gasteiger partial charge in [-0.2, -0.15) is 0 Å². The summed E-state index contributed by atoms with van der Waals surface area (Å²) in [6.07, 6.45) is -0.00418. The van der Waals surface area contributed by atoms with Gasteiger partial charge in [-0.1, -0.05) is 35.3 Å². The van der Waals surface area contributed by atoms with Crippen molar-refractivity contribution in [1.82, 2.24) is 0 Å². The van der Waals surface area contributed by atoms with Crippen LogP contribution in [0.3, 0.4) is 0 Å². The summed E-state index contributed by atoms with van der Waals surface area (Å²) in [7, 11) is 0. The minimum Gasteiger partial charge on any atom is -0.490 e. The lowest BCUT2D eigenvalue weighted by Gasteiger charge is -2.13. The molecule has 2 aromatic rings. The van der Waals surface area contributed by atoms with Crippen molar-refractivity contribution >= 4 is 40.3 Å². The maximum Gasteiger partial charge on any atom is 0.199 e. The van der Waals surface area contributed by atoms with E-state index in [0.717, 1.165) is 0 Å². The van der Waals surface area contributed by atoms with Crippen LogP contribution in [0.5, 0.6) is 5.75 Å². The van der Waals surface area contributed by atoms with Gasteiger partial charge in [0.25, 0.3) is 0 Å². The van der Waals surface area contributed by atoms with Crippen molar-refractivity contribution in [2.75, 3.05) is 0 Å². The molecule has 5 heteroatoms. The predicted molar refractivity (Wildman–Crippen MR) is 80.0 cm³/mol. The molecule has 2 nitrogen and oxygen atoms in total. The molecule has 1 aromatic carbocycles. The van der Waals surface area contributed by atoms with Crippen molar-refractivity contribution in [1.29, 1.82) is 0 Å². The van der Waals surface area contributed by atoms with Crippen LogP contribution in [0.25, 0.3) is 0 Å². The highest BCUT2D eigenvalue weighted by atomic mass is 35.5. The molecule has 0 radical (unpaired) electrons. The Labute approximate surface area is 125 Å². The summed E-state index contributed by atoms with van der Waals surface area (Å²) >= 11 is 13.1. The largest absolute Gasteiger partial charge is 0.490 e. The molecule has 1 aromatic heterocycles. The molecule has 100 valence electrons. The molecule has 0 aliphatic rings. The van der Waals surface area contributed by atoms with Crippen LogP contribution in [0.1, 0.15) is 29.8 Å². The molecule has 0 aliphatic heterocycles. The molecule has 0 atom stereocenters. The molecule has 0 saturated carbocycles. The Hall–Kier alpha value is -1.03. The molecule has 0 N–H and O–H groups in total. The number of halogens is 2. The normalized spacial score (nSPS) is 10.8. The summed E-state index contributed by atoms with van der Waals surface area (Å²) in [4.78, 5) is 12.5. The third-order valence-corrected chi connectivity index (χ3v) is 3.88. The first-order valence-electron chi connectivity index (χ1n) is 5.74. The molecule has 0 amide bonds. The van der Waals surface area contributed by atoms with E-state index in [2.05, 4.69) is 0 Å². The van der Waals surface area contributed by atoms with Gasteiger partial charge >= 0.3 is 0 Å². The summed E-state index contributed by atoms with van der Waals surface area (Å²) in [5, 5.41) is 0. The van der Waals surface area contributed by atoms with Gasteiger partial charge in [0, 0.05) is 0 Å². The van der Waals surface area contributed by atoms with Crippen LogP contribution in [0.4, 0.5) is 0 Å². The molecule has 0 aliphatic carbocycles. The summed E-state index contributed by atoms with van der Waals surface area (Å²) in [6, 6.07) is 8.71. The van der Waals surface area contributed by atoms with Crippen LogP contribution in [-0.2, 0) is 0 Å².